The monoisotopic (exact) mass is 307 g/mol. The number of nitro groups is 1. The number of carbonyl (C=O) groups is 2. The molecule has 1 aromatic rings. The van der Waals surface area contributed by atoms with Gasteiger partial charge in [0.05, 0.1) is 16.7 Å². The molecule has 110 valence electrons. The molecule has 1 heterocycles. The van der Waals surface area contributed by atoms with Gasteiger partial charge in [-0.05, 0) is 19.1 Å². The maximum atomic E-state index is 12.0. The van der Waals surface area contributed by atoms with Crippen LogP contribution in [-0.4, -0.2) is 33.6 Å². The lowest BCUT2D eigenvalue weighted by atomic mass is 10.1. The molecular formula is C13H13N3O4S. The van der Waals surface area contributed by atoms with Crippen LogP contribution in [-0.2, 0) is 4.79 Å². The predicted molar refractivity (Wildman–Crippen MR) is 79.5 cm³/mol. The zero-order valence-electron chi connectivity index (χ0n) is 11.2. The summed E-state index contributed by atoms with van der Waals surface area (Å²) in [5.74, 6) is -0.170. The van der Waals surface area contributed by atoms with E-state index in [1.54, 1.807) is 0 Å². The number of nitrogens with one attached hydrogen (secondary N) is 1. The van der Waals surface area contributed by atoms with Crippen molar-refractivity contribution >= 4 is 34.3 Å². The Labute approximate surface area is 125 Å². The Morgan fingerprint density at radius 1 is 1.48 bits per heavy atom. The molecule has 1 unspecified atom stereocenters. The second-order valence-electron chi connectivity index (χ2n) is 4.55. The highest BCUT2D eigenvalue weighted by molar-refractivity contribution is 8.14. The fourth-order valence-corrected chi connectivity index (χ4v) is 2.65. The number of non-ortho nitro benzene ring substituents is 1. The molecule has 1 atom stereocenters. The van der Waals surface area contributed by atoms with Gasteiger partial charge in [0.25, 0.3) is 5.69 Å². The molecule has 8 heteroatoms. The standard InChI is InChI=1S/C13H13N3O4S/c1-8-6-12(18)15-13(14-8)21-7-11(17)9-2-4-10(5-3-9)16(19)20/h2-5,8H,6-7H2,1H3,(H,14,15,18). The predicted octanol–water partition coefficient (Wildman–Crippen LogP) is 1.78. The van der Waals surface area contributed by atoms with Crippen LogP contribution in [0.5, 0.6) is 0 Å². The van der Waals surface area contributed by atoms with Crippen molar-refractivity contribution in [1.82, 2.24) is 5.32 Å². The number of thioether (sulfide) groups is 1. The van der Waals surface area contributed by atoms with Crippen LogP contribution in [0, 0.1) is 10.1 Å². The highest BCUT2D eigenvalue weighted by Gasteiger charge is 2.19. The van der Waals surface area contributed by atoms with E-state index in [1.165, 1.54) is 24.3 Å². The largest absolute Gasteiger partial charge is 0.305 e. The van der Waals surface area contributed by atoms with Gasteiger partial charge in [-0.3, -0.25) is 24.7 Å². The maximum absolute atomic E-state index is 12.0. The average molecular weight is 307 g/mol. The zero-order chi connectivity index (χ0) is 15.4. The number of hydrogen-bond donors (Lipinski definition) is 1. The number of hydrogen-bond acceptors (Lipinski definition) is 6. The Morgan fingerprint density at radius 2 is 2.14 bits per heavy atom. The minimum absolute atomic E-state index is 0.0584. The number of amides is 1. The van der Waals surface area contributed by atoms with E-state index in [-0.39, 0.29) is 29.2 Å². The summed E-state index contributed by atoms with van der Waals surface area (Å²) in [6, 6.07) is 5.34. The number of rotatable bonds is 4. The van der Waals surface area contributed by atoms with E-state index in [9.17, 15) is 19.7 Å². The van der Waals surface area contributed by atoms with E-state index in [0.717, 1.165) is 11.8 Å². The number of ketones is 1. The smallest absolute Gasteiger partial charge is 0.269 e. The first kappa shape index (κ1) is 15.2. The molecule has 1 amide bonds. The SMILES string of the molecule is CC1CC(=O)NC(SCC(=O)c2ccc([N+](=O)[O-])cc2)=N1. The fourth-order valence-electron chi connectivity index (χ4n) is 1.78. The number of benzene rings is 1. The van der Waals surface area contributed by atoms with Crippen LogP contribution in [0.25, 0.3) is 0 Å². The van der Waals surface area contributed by atoms with Crippen molar-refractivity contribution in [2.75, 3.05) is 5.75 Å². The topological polar surface area (TPSA) is 102 Å². The molecule has 1 N–H and O–H groups in total. The third kappa shape index (κ3) is 4.12. The van der Waals surface area contributed by atoms with Crippen LogP contribution in [0.1, 0.15) is 23.7 Å². The highest BCUT2D eigenvalue weighted by Crippen LogP contribution is 2.16. The molecule has 0 radical (unpaired) electrons. The fraction of sp³-hybridized carbons (Fsp3) is 0.308. The second kappa shape index (κ2) is 6.49. The minimum Gasteiger partial charge on any atom is -0.305 e. The summed E-state index contributed by atoms with van der Waals surface area (Å²) in [6.07, 6.45) is 0.348. The number of aliphatic imine (C=N–C) groups is 1. The first-order valence-electron chi connectivity index (χ1n) is 6.24. The van der Waals surface area contributed by atoms with Gasteiger partial charge < -0.3 is 5.32 Å². The lowest BCUT2D eigenvalue weighted by Gasteiger charge is -2.16. The quantitative estimate of drug-likeness (QED) is 0.519. The summed E-state index contributed by atoms with van der Waals surface area (Å²) in [4.78, 5) is 37.6. The number of carbonyl (C=O) groups excluding carboxylic acids is 2. The van der Waals surface area contributed by atoms with Gasteiger partial charge in [-0.1, -0.05) is 11.8 Å². The van der Waals surface area contributed by atoms with Gasteiger partial charge in [0.2, 0.25) is 5.91 Å². The highest BCUT2D eigenvalue weighted by atomic mass is 32.2. The second-order valence-corrected chi connectivity index (χ2v) is 5.52. The van der Waals surface area contributed by atoms with Crippen molar-refractivity contribution in [3.05, 3.63) is 39.9 Å². The van der Waals surface area contributed by atoms with E-state index in [2.05, 4.69) is 10.3 Å². The lowest BCUT2D eigenvalue weighted by molar-refractivity contribution is -0.384. The van der Waals surface area contributed by atoms with E-state index in [1.807, 2.05) is 6.92 Å². The molecule has 0 saturated carbocycles. The van der Waals surface area contributed by atoms with Gasteiger partial charge >= 0.3 is 0 Å². The molecule has 1 aromatic carbocycles. The van der Waals surface area contributed by atoms with E-state index in [4.69, 9.17) is 0 Å². The summed E-state index contributed by atoms with van der Waals surface area (Å²) in [7, 11) is 0. The molecular weight excluding hydrogens is 294 g/mol. The maximum Gasteiger partial charge on any atom is 0.269 e. The molecule has 0 spiro atoms. The normalized spacial score (nSPS) is 17.9. The van der Waals surface area contributed by atoms with Crippen LogP contribution in [0.4, 0.5) is 5.69 Å². The molecule has 21 heavy (non-hydrogen) atoms. The number of amidine groups is 1. The van der Waals surface area contributed by atoms with Crippen molar-refractivity contribution in [2.45, 2.75) is 19.4 Å². The van der Waals surface area contributed by atoms with E-state index in [0.29, 0.717) is 17.2 Å². The summed E-state index contributed by atoms with van der Waals surface area (Å²) in [6.45, 7) is 1.83. The van der Waals surface area contributed by atoms with Crippen molar-refractivity contribution in [3.63, 3.8) is 0 Å². The molecule has 1 aliphatic rings. The zero-order valence-corrected chi connectivity index (χ0v) is 12.1. The first-order valence-corrected chi connectivity index (χ1v) is 7.22. The molecule has 1 aliphatic heterocycles. The summed E-state index contributed by atoms with van der Waals surface area (Å²) in [5.41, 5.74) is 0.334. The molecule has 7 nitrogen and oxygen atoms in total. The van der Waals surface area contributed by atoms with Crippen LogP contribution in [0.3, 0.4) is 0 Å². The van der Waals surface area contributed by atoms with E-state index < -0.39 is 4.92 Å². The number of nitrogens with zero attached hydrogens (tertiary/aromatic N) is 2. The Bertz CT molecular complexity index is 612. The van der Waals surface area contributed by atoms with Crippen LogP contribution in [0.2, 0.25) is 0 Å². The molecule has 0 fully saturated rings. The Kier molecular flexibility index (Phi) is 4.69. The van der Waals surface area contributed by atoms with Crippen molar-refractivity contribution in [3.8, 4) is 0 Å². The molecule has 0 aromatic heterocycles. The van der Waals surface area contributed by atoms with Gasteiger partial charge in [-0.2, -0.15) is 0 Å². The van der Waals surface area contributed by atoms with Crippen LogP contribution >= 0.6 is 11.8 Å². The third-order valence-electron chi connectivity index (χ3n) is 2.80. The minimum atomic E-state index is -0.517. The summed E-state index contributed by atoms with van der Waals surface area (Å²) >= 11 is 1.15. The Hall–Kier alpha value is -2.22. The van der Waals surface area contributed by atoms with Gasteiger partial charge in [0.15, 0.2) is 11.0 Å². The van der Waals surface area contributed by atoms with Crippen molar-refractivity contribution in [2.24, 2.45) is 4.99 Å². The van der Waals surface area contributed by atoms with Gasteiger partial charge in [-0.15, -0.1) is 0 Å². The molecule has 0 saturated heterocycles. The van der Waals surface area contributed by atoms with Crippen molar-refractivity contribution in [1.29, 1.82) is 0 Å². The summed E-state index contributed by atoms with van der Waals surface area (Å²) < 4.78 is 0. The first-order chi connectivity index (χ1) is 9.95. The molecule has 0 bridgehead atoms. The van der Waals surface area contributed by atoms with E-state index >= 15 is 0 Å². The van der Waals surface area contributed by atoms with Gasteiger partial charge in [-0.25, -0.2) is 0 Å². The third-order valence-corrected chi connectivity index (χ3v) is 3.69. The number of nitro benzene ring substituents is 1. The number of Topliss-reactive ketones (excluding diaryl/α,β-unsaturated/α-hetero) is 1. The molecule has 2 rings (SSSR count). The van der Waals surface area contributed by atoms with Crippen LogP contribution in [0.15, 0.2) is 29.3 Å². The van der Waals surface area contributed by atoms with Gasteiger partial charge in [0, 0.05) is 24.1 Å². The Balaban J connectivity index is 1.95. The lowest BCUT2D eigenvalue weighted by Crippen LogP contribution is -2.36. The summed E-state index contributed by atoms with van der Waals surface area (Å²) in [5, 5.41) is 13.6. The van der Waals surface area contributed by atoms with Crippen LogP contribution < -0.4 is 5.32 Å². The Morgan fingerprint density at radius 3 is 2.71 bits per heavy atom. The average Bonchev–Trinajstić information content (AvgIpc) is 2.44. The van der Waals surface area contributed by atoms with Gasteiger partial charge in [0.1, 0.15) is 0 Å². The van der Waals surface area contributed by atoms with Crippen molar-refractivity contribution < 1.29 is 14.5 Å². The molecule has 0 aliphatic carbocycles.